The lowest BCUT2D eigenvalue weighted by Gasteiger charge is -2.04. The number of thioether (sulfide) groups is 1. The number of carbonyl (C=O) groups excluding carboxylic acids is 2. The number of anilines is 1. The van der Waals surface area contributed by atoms with Crippen LogP contribution < -0.4 is 5.32 Å². The van der Waals surface area contributed by atoms with Crippen LogP contribution in [0.2, 0.25) is 0 Å². The van der Waals surface area contributed by atoms with Crippen molar-refractivity contribution in [2.45, 2.75) is 18.2 Å². The molecule has 1 amide bonds. The van der Waals surface area contributed by atoms with Gasteiger partial charge in [0.25, 0.3) is 0 Å². The quantitative estimate of drug-likeness (QED) is 0.608. The van der Waals surface area contributed by atoms with Crippen LogP contribution in [0, 0.1) is 24.1 Å². The van der Waals surface area contributed by atoms with Crippen molar-refractivity contribution in [1.29, 1.82) is 5.26 Å². The molecule has 8 heteroatoms. The summed E-state index contributed by atoms with van der Waals surface area (Å²) in [5, 5.41) is 12.3. The Bertz CT molecular complexity index is 826. The first kappa shape index (κ1) is 19.0. The summed E-state index contributed by atoms with van der Waals surface area (Å²) >= 11 is 2.46. The SMILES string of the molecule is COC(=O)c1sc(NC(=O)CCSc2ccc(F)cc2)c(C#N)c1C. The van der Waals surface area contributed by atoms with Gasteiger partial charge >= 0.3 is 5.97 Å². The van der Waals surface area contributed by atoms with Crippen molar-refractivity contribution in [3.63, 3.8) is 0 Å². The molecule has 1 aromatic carbocycles. The van der Waals surface area contributed by atoms with Gasteiger partial charge in [0.2, 0.25) is 5.91 Å². The molecule has 1 aromatic heterocycles. The van der Waals surface area contributed by atoms with Crippen LogP contribution in [0.15, 0.2) is 29.2 Å². The topological polar surface area (TPSA) is 79.2 Å². The second kappa shape index (κ2) is 8.65. The highest BCUT2D eigenvalue weighted by Gasteiger charge is 2.21. The maximum atomic E-state index is 12.8. The highest BCUT2D eigenvalue weighted by Crippen LogP contribution is 2.33. The van der Waals surface area contributed by atoms with Crippen LogP contribution in [0.4, 0.5) is 9.39 Å². The maximum absolute atomic E-state index is 12.8. The summed E-state index contributed by atoms with van der Waals surface area (Å²) in [6.07, 6.45) is 0.220. The number of ether oxygens (including phenoxy) is 1. The molecule has 0 aliphatic carbocycles. The zero-order chi connectivity index (χ0) is 18.4. The fourth-order valence-electron chi connectivity index (χ4n) is 2.01. The predicted molar refractivity (Wildman–Crippen MR) is 95.5 cm³/mol. The zero-order valence-electron chi connectivity index (χ0n) is 13.6. The molecule has 5 nitrogen and oxygen atoms in total. The summed E-state index contributed by atoms with van der Waals surface area (Å²) in [6, 6.07) is 8.03. The van der Waals surface area contributed by atoms with E-state index in [-0.39, 0.29) is 23.7 Å². The number of rotatable bonds is 6. The first-order valence-corrected chi connectivity index (χ1v) is 9.06. The monoisotopic (exact) mass is 378 g/mol. The average molecular weight is 378 g/mol. The molecule has 0 unspecified atom stereocenters. The van der Waals surface area contributed by atoms with Gasteiger partial charge in [-0.15, -0.1) is 23.1 Å². The van der Waals surface area contributed by atoms with E-state index in [1.165, 1.54) is 31.0 Å². The number of amides is 1. The number of thiophene rings is 1. The molecule has 0 saturated heterocycles. The highest BCUT2D eigenvalue weighted by atomic mass is 32.2. The lowest BCUT2D eigenvalue weighted by molar-refractivity contribution is -0.115. The second-order valence-corrected chi connectivity index (χ2v) is 7.15. The van der Waals surface area contributed by atoms with Gasteiger partial charge in [0.1, 0.15) is 21.8 Å². The minimum atomic E-state index is -0.536. The molecule has 0 atom stereocenters. The van der Waals surface area contributed by atoms with Gasteiger partial charge in [-0.25, -0.2) is 9.18 Å². The molecular weight excluding hydrogens is 363 g/mol. The Morgan fingerprint density at radius 1 is 1.36 bits per heavy atom. The summed E-state index contributed by atoms with van der Waals surface area (Å²) in [5.41, 5.74) is 0.764. The first-order valence-electron chi connectivity index (χ1n) is 7.26. The van der Waals surface area contributed by atoms with Gasteiger partial charge in [-0.2, -0.15) is 5.26 Å². The van der Waals surface area contributed by atoms with Crippen LogP contribution in [-0.4, -0.2) is 24.7 Å². The molecule has 1 N–H and O–H groups in total. The van der Waals surface area contributed by atoms with Gasteiger partial charge in [0.15, 0.2) is 0 Å². The number of methoxy groups -OCH3 is 1. The Morgan fingerprint density at radius 2 is 2.04 bits per heavy atom. The second-order valence-electron chi connectivity index (χ2n) is 4.96. The van der Waals surface area contributed by atoms with Crippen LogP contribution in [-0.2, 0) is 9.53 Å². The van der Waals surface area contributed by atoms with Crippen LogP contribution in [0.5, 0.6) is 0 Å². The van der Waals surface area contributed by atoms with Crippen molar-refractivity contribution in [3.05, 3.63) is 46.1 Å². The van der Waals surface area contributed by atoms with Gasteiger partial charge in [-0.3, -0.25) is 4.79 Å². The van der Waals surface area contributed by atoms with Crippen LogP contribution >= 0.6 is 23.1 Å². The first-order chi connectivity index (χ1) is 12.0. The molecule has 0 fully saturated rings. The highest BCUT2D eigenvalue weighted by molar-refractivity contribution is 7.99. The Labute approximate surface area is 152 Å². The van der Waals surface area contributed by atoms with Crippen molar-refractivity contribution in [1.82, 2.24) is 0 Å². The minimum Gasteiger partial charge on any atom is -0.465 e. The summed E-state index contributed by atoms with van der Waals surface area (Å²) in [4.78, 5) is 24.9. The standard InChI is InChI=1S/C17H15FN2O3S2/c1-10-13(9-19)16(25-15(10)17(22)23-2)20-14(21)7-8-24-12-5-3-11(18)4-6-12/h3-6H,7-8H2,1-2H3,(H,20,21). The Balaban J connectivity index is 1.97. The molecule has 25 heavy (non-hydrogen) atoms. The summed E-state index contributed by atoms with van der Waals surface area (Å²) in [7, 11) is 1.26. The molecule has 0 radical (unpaired) electrons. The molecule has 0 aliphatic heterocycles. The fraction of sp³-hybridized carbons (Fsp3) is 0.235. The normalized spacial score (nSPS) is 10.2. The van der Waals surface area contributed by atoms with Gasteiger partial charge < -0.3 is 10.1 Å². The summed E-state index contributed by atoms with van der Waals surface area (Å²) < 4.78 is 17.5. The largest absolute Gasteiger partial charge is 0.465 e. The molecule has 0 spiro atoms. The summed E-state index contributed by atoms with van der Waals surface area (Å²) in [5.74, 6) is -0.594. The van der Waals surface area contributed by atoms with Crippen molar-refractivity contribution in [2.75, 3.05) is 18.2 Å². The molecule has 1 heterocycles. The van der Waals surface area contributed by atoms with Crippen molar-refractivity contribution in [3.8, 4) is 6.07 Å². The van der Waals surface area contributed by atoms with E-state index in [1.54, 1.807) is 19.1 Å². The van der Waals surface area contributed by atoms with E-state index in [9.17, 15) is 19.2 Å². The van der Waals surface area contributed by atoms with E-state index in [1.807, 2.05) is 6.07 Å². The van der Waals surface area contributed by atoms with Crippen LogP contribution in [0.1, 0.15) is 27.2 Å². The third-order valence-corrected chi connectivity index (χ3v) is 5.49. The van der Waals surface area contributed by atoms with E-state index in [2.05, 4.69) is 10.1 Å². The predicted octanol–water partition coefficient (Wildman–Crippen LogP) is 3.97. The smallest absolute Gasteiger partial charge is 0.348 e. The zero-order valence-corrected chi connectivity index (χ0v) is 15.2. The van der Waals surface area contributed by atoms with E-state index in [4.69, 9.17) is 0 Å². The van der Waals surface area contributed by atoms with Gasteiger partial charge in [-0.1, -0.05) is 0 Å². The lowest BCUT2D eigenvalue weighted by Crippen LogP contribution is -2.12. The van der Waals surface area contributed by atoms with Gasteiger partial charge in [-0.05, 0) is 36.8 Å². The number of nitrogens with zero attached hydrogens (tertiary/aromatic N) is 1. The van der Waals surface area contributed by atoms with Gasteiger partial charge in [0.05, 0.1) is 12.7 Å². The van der Waals surface area contributed by atoms with Crippen molar-refractivity contribution < 1.29 is 18.7 Å². The third kappa shape index (κ3) is 4.81. The van der Waals surface area contributed by atoms with E-state index in [0.717, 1.165) is 16.2 Å². The Kier molecular flexibility index (Phi) is 6.56. The molecule has 0 saturated carbocycles. The average Bonchev–Trinajstić information content (AvgIpc) is 2.91. The van der Waals surface area contributed by atoms with Crippen LogP contribution in [0.25, 0.3) is 0 Å². The fourth-order valence-corrected chi connectivity index (χ4v) is 3.95. The molecule has 0 bridgehead atoms. The van der Waals surface area contributed by atoms with Crippen molar-refractivity contribution >= 4 is 40.0 Å². The Hall–Kier alpha value is -2.37. The number of nitriles is 1. The van der Waals surface area contributed by atoms with Crippen molar-refractivity contribution in [2.24, 2.45) is 0 Å². The molecule has 2 rings (SSSR count). The number of esters is 1. The molecule has 130 valence electrons. The number of nitrogens with one attached hydrogen (secondary N) is 1. The number of halogens is 1. The lowest BCUT2D eigenvalue weighted by atomic mass is 10.2. The third-order valence-electron chi connectivity index (χ3n) is 3.29. The molecule has 2 aromatic rings. The number of hydrogen-bond donors (Lipinski definition) is 1. The number of carbonyl (C=O) groups is 2. The molecule has 0 aliphatic rings. The van der Waals surface area contributed by atoms with Gasteiger partial charge in [0, 0.05) is 17.1 Å². The van der Waals surface area contributed by atoms with E-state index < -0.39 is 5.97 Å². The Morgan fingerprint density at radius 3 is 2.64 bits per heavy atom. The number of benzene rings is 1. The molecular formula is C17H15FN2O3S2. The van der Waals surface area contributed by atoms with E-state index >= 15 is 0 Å². The van der Waals surface area contributed by atoms with E-state index in [0.29, 0.717) is 21.2 Å². The minimum absolute atomic E-state index is 0.220. The maximum Gasteiger partial charge on any atom is 0.348 e. The summed E-state index contributed by atoms with van der Waals surface area (Å²) in [6.45, 7) is 1.64. The number of hydrogen-bond acceptors (Lipinski definition) is 6. The van der Waals surface area contributed by atoms with Crippen LogP contribution in [0.3, 0.4) is 0 Å².